The molecule has 1 fully saturated rings. The normalized spacial score (nSPS) is 22.4. The second kappa shape index (κ2) is 11.2. The van der Waals surface area contributed by atoms with Gasteiger partial charge in [0.1, 0.15) is 58.4 Å². The maximum absolute atomic E-state index is 12.6. The zero-order chi connectivity index (χ0) is 29.4. The van der Waals surface area contributed by atoms with Gasteiger partial charge in [-0.15, -0.1) is 0 Å². The summed E-state index contributed by atoms with van der Waals surface area (Å²) in [7, 11) is 1.37. The fourth-order valence-corrected chi connectivity index (χ4v) is 4.38. The second-order valence-electron chi connectivity index (χ2n) is 9.20. The molecule has 216 valence electrons. The Hall–Kier alpha value is -4.53. The van der Waals surface area contributed by atoms with Gasteiger partial charge in [0.15, 0.2) is 17.3 Å². The van der Waals surface area contributed by atoms with Gasteiger partial charge in [-0.2, -0.15) is 0 Å². The van der Waals surface area contributed by atoms with Crippen molar-refractivity contribution in [3.63, 3.8) is 0 Å². The zero-order valence-electron chi connectivity index (χ0n) is 21.4. The zero-order valence-corrected chi connectivity index (χ0v) is 21.4. The molecule has 1 saturated heterocycles. The van der Waals surface area contributed by atoms with Crippen LogP contribution in [0.5, 0.6) is 40.2 Å². The van der Waals surface area contributed by atoms with E-state index < -0.39 is 54.2 Å². The lowest BCUT2D eigenvalue weighted by Crippen LogP contribution is -2.60. The Kier molecular flexibility index (Phi) is 7.62. The van der Waals surface area contributed by atoms with Crippen LogP contribution in [-0.4, -0.2) is 80.2 Å². The lowest BCUT2D eigenvalue weighted by Gasteiger charge is -2.39. The van der Waals surface area contributed by atoms with Crippen LogP contribution in [0.2, 0.25) is 0 Å². The predicted molar refractivity (Wildman–Crippen MR) is 140 cm³/mol. The SMILES string of the molecule is COc1cc(Oc2ccc(-c3oc4cc(O)cc(O)c4c(=O)c3O)cc2)ccc1OC1OC(CO)C(O)C(O)C1O. The number of fused-ring (bicyclic) bond motifs is 1. The lowest BCUT2D eigenvalue weighted by molar-refractivity contribution is -0.277. The fraction of sp³-hybridized carbons (Fsp3) is 0.250. The number of rotatable bonds is 7. The molecule has 5 atom stereocenters. The minimum atomic E-state index is -1.61. The number of methoxy groups -OCH3 is 1. The highest BCUT2D eigenvalue weighted by molar-refractivity contribution is 5.88. The van der Waals surface area contributed by atoms with Crippen molar-refractivity contribution in [1.82, 2.24) is 0 Å². The summed E-state index contributed by atoms with van der Waals surface area (Å²) in [5, 5.41) is 69.4. The van der Waals surface area contributed by atoms with E-state index in [-0.39, 0.29) is 34.0 Å². The minimum Gasteiger partial charge on any atom is -0.508 e. The molecule has 1 aromatic heterocycles. The Morgan fingerprint density at radius 3 is 2.24 bits per heavy atom. The summed E-state index contributed by atoms with van der Waals surface area (Å²) in [5.41, 5.74) is -0.659. The first-order valence-electron chi connectivity index (χ1n) is 12.3. The highest BCUT2D eigenvalue weighted by Gasteiger charge is 2.45. The monoisotopic (exact) mass is 570 g/mol. The molecule has 0 radical (unpaired) electrons. The van der Waals surface area contributed by atoms with Crippen molar-refractivity contribution in [2.24, 2.45) is 0 Å². The lowest BCUT2D eigenvalue weighted by atomic mass is 9.99. The molecule has 3 aromatic carbocycles. The number of ether oxygens (including phenoxy) is 4. The van der Waals surface area contributed by atoms with E-state index in [0.29, 0.717) is 17.1 Å². The molecule has 5 rings (SSSR count). The maximum atomic E-state index is 12.6. The van der Waals surface area contributed by atoms with Crippen LogP contribution in [-0.2, 0) is 4.74 Å². The summed E-state index contributed by atoms with van der Waals surface area (Å²) in [6.07, 6.45) is -7.28. The van der Waals surface area contributed by atoms with Crippen molar-refractivity contribution in [3.05, 3.63) is 64.8 Å². The molecular formula is C28H26O13. The summed E-state index contributed by atoms with van der Waals surface area (Å²) in [6, 6.07) is 12.7. The third-order valence-corrected chi connectivity index (χ3v) is 6.51. The average Bonchev–Trinajstić information content (AvgIpc) is 2.96. The molecule has 2 heterocycles. The number of aliphatic hydroxyl groups excluding tert-OH is 4. The van der Waals surface area contributed by atoms with Gasteiger partial charge < -0.3 is 59.1 Å². The van der Waals surface area contributed by atoms with Crippen LogP contribution in [0.1, 0.15) is 0 Å². The minimum absolute atomic E-state index is 0.112. The van der Waals surface area contributed by atoms with Gasteiger partial charge in [-0.3, -0.25) is 4.79 Å². The summed E-state index contributed by atoms with van der Waals surface area (Å²) in [6.45, 7) is -0.604. The number of hydrogen-bond donors (Lipinski definition) is 7. The first kappa shape index (κ1) is 28.0. The van der Waals surface area contributed by atoms with Gasteiger partial charge in [0, 0.05) is 23.8 Å². The van der Waals surface area contributed by atoms with Gasteiger partial charge in [-0.05, 0) is 36.4 Å². The quantitative estimate of drug-likeness (QED) is 0.168. The number of aromatic hydroxyl groups is 3. The third kappa shape index (κ3) is 5.31. The summed E-state index contributed by atoms with van der Waals surface area (Å²) < 4.78 is 27.8. The van der Waals surface area contributed by atoms with Crippen LogP contribution in [0.15, 0.2) is 63.8 Å². The molecule has 13 nitrogen and oxygen atoms in total. The van der Waals surface area contributed by atoms with E-state index in [4.69, 9.17) is 23.4 Å². The van der Waals surface area contributed by atoms with Crippen LogP contribution in [0.4, 0.5) is 0 Å². The molecule has 7 N–H and O–H groups in total. The summed E-state index contributed by atoms with van der Waals surface area (Å²) in [4.78, 5) is 12.6. The highest BCUT2D eigenvalue weighted by Crippen LogP contribution is 2.38. The molecule has 4 aromatic rings. The van der Waals surface area contributed by atoms with Crippen LogP contribution in [0.3, 0.4) is 0 Å². The first-order valence-corrected chi connectivity index (χ1v) is 12.3. The molecule has 5 unspecified atom stereocenters. The van der Waals surface area contributed by atoms with Crippen molar-refractivity contribution in [2.75, 3.05) is 13.7 Å². The van der Waals surface area contributed by atoms with Crippen molar-refractivity contribution in [1.29, 1.82) is 0 Å². The Bertz CT molecular complexity index is 1610. The molecule has 41 heavy (non-hydrogen) atoms. The average molecular weight is 571 g/mol. The van der Waals surface area contributed by atoms with E-state index in [0.717, 1.165) is 12.1 Å². The van der Waals surface area contributed by atoms with E-state index in [9.17, 15) is 40.5 Å². The van der Waals surface area contributed by atoms with Gasteiger partial charge in [0.05, 0.1) is 13.7 Å². The topological polar surface area (TPSA) is 209 Å². The van der Waals surface area contributed by atoms with Gasteiger partial charge in [-0.25, -0.2) is 0 Å². The van der Waals surface area contributed by atoms with Crippen LogP contribution < -0.4 is 19.6 Å². The molecule has 0 amide bonds. The van der Waals surface area contributed by atoms with Crippen molar-refractivity contribution < 1.29 is 59.1 Å². The second-order valence-corrected chi connectivity index (χ2v) is 9.20. The summed E-state index contributed by atoms with van der Waals surface area (Å²) >= 11 is 0. The first-order chi connectivity index (χ1) is 19.6. The number of hydrogen-bond acceptors (Lipinski definition) is 13. The van der Waals surface area contributed by atoms with Gasteiger partial charge in [0.2, 0.25) is 17.5 Å². The Balaban J connectivity index is 1.35. The molecular weight excluding hydrogens is 544 g/mol. The summed E-state index contributed by atoms with van der Waals surface area (Å²) in [5.74, 6) is -0.748. The Morgan fingerprint density at radius 1 is 0.854 bits per heavy atom. The molecule has 1 aliphatic rings. The van der Waals surface area contributed by atoms with Crippen molar-refractivity contribution in [2.45, 2.75) is 30.7 Å². The molecule has 0 spiro atoms. The van der Waals surface area contributed by atoms with E-state index in [1.807, 2.05) is 0 Å². The number of benzene rings is 3. The van der Waals surface area contributed by atoms with Crippen molar-refractivity contribution in [3.8, 4) is 51.6 Å². The third-order valence-electron chi connectivity index (χ3n) is 6.51. The van der Waals surface area contributed by atoms with Crippen LogP contribution in [0.25, 0.3) is 22.3 Å². The predicted octanol–water partition coefficient (Wildman–Crippen LogP) is 1.56. The van der Waals surface area contributed by atoms with Gasteiger partial charge in [0.25, 0.3) is 0 Å². The van der Waals surface area contributed by atoms with Gasteiger partial charge >= 0.3 is 0 Å². The van der Waals surface area contributed by atoms with E-state index in [1.165, 1.54) is 37.4 Å². The maximum Gasteiger partial charge on any atom is 0.238 e. The van der Waals surface area contributed by atoms with E-state index >= 15 is 0 Å². The largest absolute Gasteiger partial charge is 0.508 e. The fourth-order valence-electron chi connectivity index (χ4n) is 4.38. The number of phenols is 2. The van der Waals surface area contributed by atoms with Crippen LogP contribution in [0, 0.1) is 0 Å². The highest BCUT2D eigenvalue weighted by atomic mass is 16.7. The van der Waals surface area contributed by atoms with Crippen molar-refractivity contribution >= 4 is 11.0 Å². The smallest absolute Gasteiger partial charge is 0.238 e. The van der Waals surface area contributed by atoms with E-state index in [1.54, 1.807) is 12.1 Å². The molecule has 0 bridgehead atoms. The Labute approximate surface area is 231 Å². The molecule has 1 aliphatic heterocycles. The van der Waals surface area contributed by atoms with E-state index in [2.05, 4.69) is 0 Å². The number of phenolic OH excluding ortho intramolecular Hbond substituents is 2. The van der Waals surface area contributed by atoms with Gasteiger partial charge in [-0.1, -0.05) is 0 Å². The molecule has 13 heteroatoms. The number of aliphatic hydroxyl groups is 4. The molecule has 0 saturated carbocycles. The standard InChI is InChI=1S/C28H26O13/c1-37-18-10-15(6-7-17(18)40-28-26(36)24(34)22(32)20(11-29)41-28)38-14-4-2-12(3-5-14)27-25(35)23(33)21-16(31)8-13(30)9-19(21)39-27/h2-10,20,22,24,26,28-32,34-36H,11H2,1H3. The Morgan fingerprint density at radius 2 is 1.56 bits per heavy atom. The molecule has 0 aliphatic carbocycles. The van der Waals surface area contributed by atoms with Crippen LogP contribution >= 0.6 is 0 Å².